The van der Waals surface area contributed by atoms with Gasteiger partial charge in [0.1, 0.15) is 5.76 Å². The number of fused-ring (bicyclic) bond motifs is 1. The zero-order chi connectivity index (χ0) is 19.8. The van der Waals surface area contributed by atoms with E-state index < -0.39 is 0 Å². The van der Waals surface area contributed by atoms with Crippen molar-refractivity contribution in [2.75, 3.05) is 13.1 Å². The normalized spacial score (nSPS) is 17.0. The van der Waals surface area contributed by atoms with E-state index in [1.807, 2.05) is 53.0 Å². The Morgan fingerprint density at radius 1 is 1.21 bits per heavy atom. The molecule has 0 bridgehead atoms. The number of amides is 1. The van der Waals surface area contributed by atoms with Gasteiger partial charge in [-0.15, -0.1) is 0 Å². The molecule has 5 heterocycles. The molecule has 29 heavy (non-hydrogen) atoms. The van der Waals surface area contributed by atoms with Crippen molar-refractivity contribution in [2.45, 2.75) is 25.7 Å². The van der Waals surface area contributed by atoms with Crippen LogP contribution in [0.4, 0.5) is 0 Å². The van der Waals surface area contributed by atoms with Gasteiger partial charge in [-0.05, 0) is 44.0 Å². The fourth-order valence-corrected chi connectivity index (χ4v) is 3.93. The van der Waals surface area contributed by atoms with Crippen LogP contribution in [0.25, 0.3) is 16.8 Å². The molecule has 1 atom stereocenters. The molecular formula is C22H21N5O2. The molecular weight excluding hydrogens is 366 g/mol. The monoisotopic (exact) mass is 387 g/mol. The summed E-state index contributed by atoms with van der Waals surface area (Å²) in [7, 11) is 0. The summed E-state index contributed by atoms with van der Waals surface area (Å²) in [6, 6.07) is 9.68. The highest BCUT2D eigenvalue weighted by Gasteiger charge is 2.29. The number of piperidine rings is 1. The highest BCUT2D eigenvalue weighted by Crippen LogP contribution is 2.27. The van der Waals surface area contributed by atoms with Gasteiger partial charge in [-0.3, -0.25) is 9.78 Å². The second-order valence-electron chi connectivity index (χ2n) is 7.41. The number of carbonyl (C=O) groups excluding carboxylic acids is 1. The Morgan fingerprint density at radius 3 is 2.93 bits per heavy atom. The van der Waals surface area contributed by atoms with Crippen molar-refractivity contribution in [3.63, 3.8) is 0 Å². The lowest BCUT2D eigenvalue weighted by Crippen LogP contribution is -2.39. The maximum absolute atomic E-state index is 12.8. The van der Waals surface area contributed by atoms with Crippen molar-refractivity contribution in [1.29, 1.82) is 0 Å². The summed E-state index contributed by atoms with van der Waals surface area (Å²) in [4.78, 5) is 23.6. The predicted octanol–water partition coefficient (Wildman–Crippen LogP) is 3.71. The first-order valence-electron chi connectivity index (χ1n) is 9.79. The van der Waals surface area contributed by atoms with E-state index in [2.05, 4.69) is 4.98 Å². The molecule has 0 unspecified atom stereocenters. The van der Waals surface area contributed by atoms with Crippen molar-refractivity contribution in [1.82, 2.24) is 24.5 Å². The van der Waals surface area contributed by atoms with E-state index in [1.165, 1.54) is 0 Å². The third-order valence-corrected chi connectivity index (χ3v) is 5.51. The average Bonchev–Trinajstić information content (AvgIpc) is 3.39. The lowest BCUT2D eigenvalue weighted by atomic mass is 9.97. The maximum Gasteiger partial charge on any atom is 0.257 e. The van der Waals surface area contributed by atoms with Crippen LogP contribution in [-0.2, 0) is 0 Å². The molecule has 1 saturated heterocycles. The van der Waals surface area contributed by atoms with E-state index in [9.17, 15) is 4.79 Å². The molecule has 1 aliphatic heterocycles. The van der Waals surface area contributed by atoms with Crippen LogP contribution in [0, 0.1) is 6.92 Å². The number of hydrogen-bond acceptors (Lipinski definition) is 5. The van der Waals surface area contributed by atoms with Crippen LogP contribution in [0.15, 0.2) is 59.6 Å². The van der Waals surface area contributed by atoms with Gasteiger partial charge in [-0.2, -0.15) is 5.10 Å². The van der Waals surface area contributed by atoms with E-state index in [0.717, 1.165) is 42.0 Å². The minimum atomic E-state index is 0.0172. The number of likely N-dealkylation sites (tertiary alicyclic amines) is 1. The summed E-state index contributed by atoms with van der Waals surface area (Å²) in [5.74, 6) is 1.59. The van der Waals surface area contributed by atoms with Crippen LogP contribution < -0.4 is 0 Å². The average molecular weight is 387 g/mol. The summed E-state index contributed by atoms with van der Waals surface area (Å²) in [5.41, 5.74) is 3.52. The third-order valence-electron chi connectivity index (χ3n) is 5.51. The lowest BCUT2D eigenvalue weighted by Gasteiger charge is -2.31. The van der Waals surface area contributed by atoms with Crippen LogP contribution in [-0.4, -0.2) is 43.5 Å². The predicted molar refractivity (Wildman–Crippen MR) is 108 cm³/mol. The minimum absolute atomic E-state index is 0.0172. The van der Waals surface area contributed by atoms with E-state index in [0.29, 0.717) is 17.9 Å². The number of nitrogens with zero attached hydrogens (tertiary/aromatic N) is 5. The molecule has 1 aliphatic rings. The molecule has 7 heteroatoms. The SMILES string of the molecule is Cc1occc1C(=O)N1CCC[C@H](c2nc3ccc(-c4cccnc4)cn3n2)C1. The molecule has 1 fully saturated rings. The van der Waals surface area contributed by atoms with Gasteiger partial charge < -0.3 is 9.32 Å². The first-order valence-corrected chi connectivity index (χ1v) is 9.79. The Labute approximate surface area is 168 Å². The first-order chi connectivity index (χ1) is 14.2. The summed E-state index contributed by atoms with van der Waals surface area (Å²) < 4.78 is 7.11. The first kappa shape index (κ1) is 17.6. The van der Waals surface area contributed by atoms with Crippen molar-refractivity contribution < 1.29 is 9.21 Å². The van der Waals surface area contributed by atoms with Crippen LogP contribution in [0.2, 0.25) is 0 Å². The van der Waals surface area contributed by atoms with Gasteiger partial charge in [0.05, 0.1) is 11.8 Å². The topological polar surface area (TPSA) is 76.5 Å². The smallest absolute Gasteiger partial charge is 0.257 e. The number of rotatable bonds is 3. The van der Waals surface area contributed by atoms with Crippen LogP contribution in [0.5, 0.6) is 0 Å². The lowest BCUT2D eigenvalue weighted by molar-refractivity contribution is 0.0703. The molecule has 146 valence electrons. The summed E-state index contributed by atoms with van der Waals surface area (Å²) in [5, 5.41) is 4.73. The molecule has 5 rings (SSSR count). The number of furan rings is 1. The number of carbonyl (C=O) groups is 1. The van der Waals surface area contributed by atoms with Gasteiger partial charge in [0.25, 0.3) is 5.91 Å². The third kappa shape index (κ3) is 3.29. The molecule has 0 saturated carbocycles. The molecule has 0 aromatic carbocycles. The summed E-state index contributed by atoms with van der Waals surface area (Å²) in [6.07, 6.45) is 9.04. The second kappa shape index (κ2) is 7.16. The standard InChI is InChI=1S/C22H21N5O2/c1-15-19(8-11-29-15)22(28)26-10-3-5-18(13-26)21-24-20-7-6-17(14-27(20)25-21)16-4-2-9-23-12-16/h2,4,6-9,11-12,14,18H,3,5,10,13H2,1H3/t18-/m0/s1. The molecule has 0 aliphatic carbocycles. The Balaban J connectivity index is 1.40. The highest BCUT2D eigenvalue weighted by molar-refractivity contribution is 5.95. The molecule has 1 amide bonds. The van der Waals surface area contributed by atoms with E-state index >= 15 is 0 Å². The van der Waals surface area contributed by atoms with Gasteiger partial charge in [0, 0.05) is 48.7 Å². The Morgan fingerprint density at radius 2 is 2.14 bits per heavy atom. The molecule has 0 radical (unpaired) electrons. The quantitative estimate of drug-likeness (QED) is 0.536. The number of hydrogen-bond donors (Lipinski definition) is 0. The van der Waals surface area contributed by atoms with Gasteiger partial charge in [0.2, 0.25) is 0 Å². The Hall–Kier alpha value is -3.48. The largest absolute Gasteiger partial charge is 0.469 e. The van der Waals surface area contributed by atoms with Crippen molar-refractivity contribution >= 4 is 11.6 Å². The maximum atomic E-state index is 12.8. The molecule has 4 aromatic rings. The van der Waals surface area contributed by atoms with Gasteiger partial charge >= 0.3 is 0 Å². The molecule has 0 N–H and O–H groups in total. The van der Waals surface area contributed by atoms with Crippen molar-refractivity contribution in [3.8, 4) is 11.1 Å². The van der Waals surface area contributed by atoms with Crippen LogP contribution in [0.1, 0.15) is 40.7 Å². The van der Waals surface area contributed by atoms with Gasteiger partial charge in [-0.25, -0.2) is 9.50 Å². The molecule has 0 spiro atoms. The van der Waals surface area contributed by atoms with E-state index in [-0.39, 0.29) is 11.8 Å². The van der Waals surface area contributed by atoms with Gasteiger partial charge in [-0.1, -0.05) is 6.07 Å². The van der Waals surface area contributed by atoms with E-state index in [4.69, 9.17) is 14.5 Å². The van der Waals surface area contributed by atoms with Crippen LogP contribution in [0.3, 0.4) is 0 Å². The van der Waals surface area contributed by atoms with Gasteiger partial charge in [0.15, 0.2) is 11.5 Å². The Kier molecular flexibility index (Phi) is 4.35. The number of aromatic nitrogens is 4. The fraction of sp³-hybridized carbons (Fsp3) is 0.273. The minimum Gasteiger partial charge on any atom is -0.469 e. The number of aryl methyl sites for hydroxylation is 1. The summed E-state index contributed by atoms with van der Waals surface area (Å²) >= 11 is 0. The Bertz CT molecular complexity index is 1160. The second-order valence-corrected chi connectivity index (χ2v) is 7.41. The zero-order valence-electron chi connectivity index (χ0n) is 16.2. The van der Waals surface area contributed by atoms with Crippen molar-refractivity contribution in [3.05, 3.63) is 72.3 Å². The van der Waals surface area contributed by atoms with E-state index in [1.54, 1.807) is 18.5 Å². The van der Waals surface area contributed by atoms with Crippen LogP contribution >= 0.6 is 0 Å². The highest BCUT2D eigenvalue weighted by atomic mass is 16.3. The zero-order valence-corrected chi connectivity index (χ0v) is 16.2. The molecule has 4 aromatic heterocycles. The molecule has 7 nitrogen and oxygen atoms in total. The van der Waals surface area contributed by atoms with Crippen molar-refractivity contribution in [2.24, 2.45) is 0 Å². The summed E-state index contributed by atoms with van der Waals surface area (Å²) in [6.45, 7) is 3.19. The number of pyridine rings is 2. The fourth-order valence-electron chi connectivity index (χ4n) is 3.93.